The molecular weight excluding hydrogens is 366 g/mol. The van der Waals surface area contributed by atoms with Crippen molar-refractivity contribution in [3.05, 3.63) is 42.1 Å². The van der Waals surface area contributed by atoms with E-state index in [0.29, 0.717) is 18.8 Å². The number of rotatable bonds is 2. The number of amides is 2. The summed E-state index contributed by atoms with van der Waals surface area (Å²) in [6.07, 6.45) is 5.84. The number of benzene rings is 1. The van der Waals surface area contributed by atoms with Crippen molar-refractivity contribution >= 4 is 22.7 Å². The van der Waals surface area contributed by atoms with Gasteiger partial charge in [0.05, 0.1) is 11.1 Å². The number of carbonyl (C=O) groups is 2. The molecule has 2 amide bonds. The SMILES string of the molecule is O=C(c1ccc2ccccc2n1)N1CCC(N2C(=O)C(O)C23CCCCC3)CC1. The number of hydrogen-bond donors (Lipinski definition) is 1. The average molecular weight is 393 g/mol. The van der Waals surface area contributed by atoms with Gasteiger partial charge in [0.2, 0.25) is 0 Å². The molecule has 3 fully saturated rings. The van der Waals surface area contributed by atoms with Gasteiger partial charge < -0.3 is 14.9 Å². The average Bonchev–Trinajstić information content (AvgIpc) is 2.79. The standard InChI is InChI=1S/C23H27N3O3/c27-20-22(29)26(23(20)12-4-1-5-13-23)17-10-14-25(15-11-17)21(28)19-9-8-16-6-2-3-7-18(16)24-19/h2-3,6-9,17,20,27H,1,4-5,10-15H2. The number of hydrogen-bond acceptors (Lipinski definition) is 4. The zero-order valence-electron chi connectivity index (χ0n) is 16.6. The van der Waals surface area contributed by atoms with Gasteiger partial charge in [-0.25, -0.2) is 4.98 Å². The summed E-state index contributed by atoms with van der Waals surface area (Å²) in [6, 6.07) is 11.7. The number of aromatic nitrogens is 1. The number of piperidine rings is 1. The minimum atomic E-state index is -0.829. The van der Waals surface area contributed by atoms with Crippen LogP contribution in [-0.2, 0) is 4.79 Å². The van der Waals surface area contributed by atoms with Crippen molar-refractivity contribution in [2.45, 2.75) is 62.6 Å². The maximum absolute atomic E-state index is 13.0. The summed E-state index contributed by atoms with van der Waals surface area (Å²) in [5.74, 6) is -0.163. The summed E-state index contributed by atoms with van der Waals surface area (Å²) < 4.78 is 0. The normalized spacial score (nSPS) is 24.7. The Hall–Kier alpha value is -2.47. The maximum Gasteiger partial charge on any atom is 0.272 e. The minimum Gasteiger partial charge on any atom is -0.381 e. The van der Waals surface area contributed by atoms with Gasteiger partial charge in [-0.2, -0.15) is 0 Å². The Bertz CT molecular complexity index is 945. The first kappa shape index (κ1) is 18.6. The van der Waals surface area contributed by atoms with Crippen LogP contribution < -0.4 is 0 Å². The predicted octanol–water partition coefficient (Wildman–Crippen LogP) is 2.75. The second-order valence-corrected chi connectivity index (χ2v) is 8.69. The summed E-state index contributed by atoms with van der Waals surface area (Å²) in [7, 11) is 0. The third-order valence-electron chi connectivity index (χ3n) is 7.11. The van der Waals surface area contributed by atoms with Gasteiger partial charge in [-0.3, -0.25) is 9.59 Å². The molecule has 2 aromatic rings. The lowest BCUT2D eigenvalue weighted by Crippen LogP contribution is -2.77. The van der Waals surface area contributed by atoms with E-state index in [1.165, 1.54) is 6.42 Å². The van der Waals surface area contributed by atoms with E-state index in [4.69, 9.17) is 0 Å². The molecule has 29 heavy (non-hydrogen) atoms. The fourth-order valence-electron chi connectivity index (χ4n) is 5.54. The molecule has 2 aliphatic heterocycles. The highest BCUT2D eigenvalue weighted by Gasteiger charge is 2.61. The number of nitrogens with zero attached hydrogens (tertiary/aromatic N) is 3. The molecule has 1 N–H and O–H groups in total. The van der Waals surface area contributed by atoms with Gasteiger partial charge in [-0.05, 0) is 37.8 Å². The van der Waals surface area contributed by atoms with Crippen LogP contribution in [0.1, 0.15) is 55.4 Å². The number of likely N-dealkylation sites (tertiary alicyclic amines) is 2. The topological polar surface area (TPSA) is 73.7 Å². The number of fused-ring (bicyclic) bond motifs is 1. The third-order valence-corrected chi connectivity index (χ3v) is 7.11. The molecule has 1 saturated carbocycles. The Morgan fingerprint density at radius 1 is 1.03 bits per heavy atom. The van der Waals surface area contributed by atoms with Crippen molar-refractivity contribution in [3.8, 4) is 0 Å². The first-order valence-corrected chi connectivity index (χ1v) is 10.8. The lowest BCUT2D eigenvalue weighted by atomic mass is 9.68. The Morgan fingerprint density at radius 2 is 1.76 bits per heavy atom. The largest absolute Gasteiger partial charge is 0.381 e. The highest BCUT2D eigenvalue weighted by atomic mass is 16.3. The number of pyridine rings is 1. The number of β-lactam (4-membered cyclic amide) rings is 1. The Labute approximate surface area is 170 Å². The fourth-order valence-corrected chi connectivity index (χ4v) is 5.54. The first-order valence-electron chi connectivity index (χ1n) is 10.8. The van der Waals surface area contributed by atoms with E-state index in [2.05, 4.69) is 4.98 Å². The molecule has 152 valence electrons. The fraction of sp³-hybridized carbons (Fsp3) is 0.522. The zero-order valence-corrected chi connectivity index (χ0v) is 16.6. The van der Waals surface area contributed by atoms with Crippen molar-refractivity contribution in [2.24, 2.45) is 0 Å². The van der Waals surface area contributed by atoms with Gasteiger partial charge in [0.25, 0.3) is 11.8 Å². The molecule has 1 spiro atoms. The molecule has 1 atom stereocenters. The number of para-hydroxylation sites is 1. The van der Waals surface area contributed by atoms with Gasteiger partial charge in [0, 0.05) is 24.5 Å². The molecule has 1 aliphatic carbocycles. The summed E-state index contributed by atoms with van der Waals surface area (Å²) in [5.41, 5.74) is 0.959. The molecule has 1 aromatic carbocycles. The van der Waals surface area contributed by atoms with Crippen LogP contribution in [0.5, 0.6) is 0 Å². The third kappa shape index (κ3) is 2.92. The van der Waals surface area contributed by atoms with Crippen LogP contribution in [0.25, 0.3) is 10.9 Å². The van der Waals surface area contributed by atoms with Crippen LogP contribution >= 0.6 is 0 Å². The minimum absolute atomic E-state index is 0.0449. The molecule has 6 heteroatoms. The molecule has 0 radical (unpaired) electrons. The Balaban J connectivity index is 1.27. The zero-order chi connectivity index (χ0) is 20.0. The van der Waals surface area contributed by atoms with E-state index in [1.807, 2.05) is 40.1 Å². The number of aliphatic hydroxyl groups is 1. The van der Waals surface area contributed by atoms with Gasteiger partial charge in [-0.15, -0.1) is 0 Å². The van der Waals surface area contributed by atoms with Crippen molar-refractivity contribution in [1.29, 1.82) is 0 Å². The molecule has 0 bridgehead atoms. The number of aliphatic hydroxyl groups excluding tert-OH is 1. The monoisotopic (exact) mass is 393 g/mol. The summed E-state index contributed by atoms with van der Waals surface area (Å²) in [5, 5.41) is 11.4. The van der Waals surface area contributed by atoms with Crippen LogP contribution in [0, 0.1) is 0 Å². The molecule has 5 rings (SSSR count). The van der Waals surface area contributed by atoms with Crippen molar-refractivity contribution in [1.82, 2.24) is 14.8 Å². The lowest BCUT2D eigenvalue weighted by molar-refractivity contribution is -0.200. The summed E-state index contributed by atoms with van der Waals surface area (Å²) >= 11 is 0. The molecule has 3 aliphatic rings. The van der Waals surface area contributed by atoms with E-state index < -0.39 is 6.10 Å². The molecule has 1 unspecified atom stereocenters. The van der Waals surface area contributed by atoms with E-state index >= 15 is 0 Å². The van der Waals surface area contributed by atoms with E-state index in [-0.39, 0.29) is 23.4 Å². The molecule has 6 nitrogen and oxygen atoms in total. The molecular formula is C23H27N3O3. The van der Waals surface area contributed by atoms with Gasteiger partial charge in [0.1, 0.15) is 5.69 Å². The van der Waals surface area contributed by atoms with Crippen molar-refractivity contribution in [2.75, 3.05) is 13.1 Å². The van der Waals surface area contributed by atoms with E-state index in [1.54, 1.807) is 6.07 Å². The van der Waals surface area contributed by atoms with Crippen LogP contribution in [0.3, 0.4) is 0 Å². The van der Waals surface area contributed by atoms with Crippen molar-refractivity contribution in [3.63, 3.8) is 0 Å². The van der Waals surface area contributed by atoms with Gasteiger partial charge in [-0.1, -0.05) is 43.5 Å². The van der Waals surface area contributed by atoms with Crippen LogP contribution in [0.4, 0.5) is 0 Å². The lowest BCUT2D eigenvalue weighted by Gasteiger charge is -2.61. The quantitative estimate of drug-likeness (QED) is 0.797. The molecule has 2 saturated heterocycles. The van der Waals surface area contributed by atoms with Gasteiger partial charge >= 0.3 is 0 Å². The van der Waals surface area contributed by atoms with Crippen LogP contribution in [0.15, 0.2) is 36.4 Å². The smallest absolute Gasteiger partial charge is 0.272 e. The van der Waals surface area contributed by atoms with Crippen molar-refractivity contribution < 1.29 is 14.7 Å². The highest BCUT2D eigenvalue weighted by Crippen LogP contribution is 2.46. The number of carbonyl (C=O) groups excluding carboxylic acids is 2. The second-order valence-electron chi connectivity index (χ2n) is 8.69. The van der Waals surface area contributed by atoms with E-state index in [0.717, 1.165) is 49.4 Å². The Morgan fingerprint density at radius 3 is 2.52 bits per heavy atom. The molecule has 3 heterocycles. The predicted molar refractivity (Wildman–Crippen MR) is 109 cm³/mol. The Kier molecular flexibility index (Phi) is 4.54. The molecule has 1 aromatic heterocycles. The van der Waals surface area contributed by atoms with Crippen LogP contribution in [0.2, 0.25) is 0 Å². The maximum atomic E-state index is 13.0. The first-order chi connectivity index (χ1) is 14.1. The summed E-state index contributed by atoms with van der Waals surface area (Å²) in [6.45, 7) is 1.24. The highest BCUT2D eigenvalue weighted by molar-refractivity contribution is 5.95. The second kappa shape index (κ2) is 7.10. The summed E-state index contributed by atoms with van der Waals surface area (Å²) in [4.78, 5) is 33.8. The van der Waals surface area contributed by atoms with Crippen LogP contribution in [-0.4, -0.2) is 62.5 Å². The van der Waals surface area contributed by atoms with Gasteiger partial charge in [0.15, 0.2) is 6.10 Å². The van der Waals surface area contributed by atoms with E-state index in [9.17, 15) is 14.7 Å².